The lowest BCUT2D eigenvalue weighted by Crippen LogP contribution is -2.28. The van der Waals surface area contributed by atoms with Gasteiger partial charge < -0.3 is 30.6 Å². The number of hydrogen-bond acceptors (Lipinski definition) is 8. The third kappa shape index (κ3) is 12.1. The first-order valence-corrected chi connectivity index (χ1v) is 17.1. The fourth-order valence-electron chi connectivity index (χ4n) is 5.47. The van der Waals surface area contributed by atoms with Crippen molar-refractivity contribution >= 4 is 23.2 Å². The van der Waals surface area contributed by atoms with Crippen molar-refractivity contribution in [3.05, 3.63) is 82.9 Å². The maximum absolute atomic E-state index is 12.7. The van der Waals surface area contributed by atoms with Gasteiger partial charge in [-0.3, -0.25) is 19.4 Å². The number of benzene rings is 3. The molecule has 0 atom stereocenters. The molecule has 0 heterocycles. The number of unbranched alkanes of at least 4 members (excludes halogenated alkanes) is 2. The van der Waals surface area contributed by atoms with Crippen molar-refractivity contribution in [2.75, 3.05) is 77.3 Å². The molecule has 2 amide bonds. The van der Waals surface area contributed by atoms with Crippen LogP contribution in [0.2, 0.25) is 0 Å². The molecule has 48 heavy (non-hydrogen) atoms. The van der Waals surface area contributed by atoms with E-state index in [0.717, 1.165) is 77.1 Å². The number of amides is 2. The topological polar surface area (TPSA) is 112 Å². The number of anilines is 2. The molecule has 0 radical (unpaired) electrons. The smallest absolute Gasteiger partial charge is 0.255 e. The number of rotatable bonds is 20. The van der Waals surface area contributed by atoms with Gasteiger partial charge in [0.1, 0.15) is 11.5 Å². The third-order valence-electron chi connectivity index (χ3n) is 8.59. The number of carbonyl (C=O) groups is 2. The molecule has 0 aliphatic heterocycles. The van der Waals surface area contributed by atoms with E-state index in [-0.39, 0.29) is 22.6 Å². The summed E-state index contributed by atoms with van der Waals surface area (Å²) in [5.41, 5.74) is 4.76. The van der Waals surface area contributed by atoms with Crippen LogP contribution in [-0.4, -0.2) is 99.3 Å². The second-order valence-corrected chi connectivity index (χ2v) is 12.7. The van der Waals surface area contributed by atoms with Crippen molar-refractivity contribution < 1.29 is 19.8 Å². The molecular weight excluding hydrogens is 604 g/mol. The quantitative estimate of drug-likeness (QED) is 0.0956. The third-order valence-corrected chi connectivity index (χ3v) is 8.59. The Morgan fingerprint density at radius 2 is 0.938 bits per heavy atom. The van der Waals surface area contributed by atoms with Crippen LogP contribution in [0.1, 0.15) is 71.4 Å². The molecule has 4 N–H and O–H groups in total. The molecule has 0 saturated carbocycles. The van der Waals surface area contributed by atoms with E-state index < -0.39 is 11.8 Å². The van der Waals surface area contributed by atoms with Crippen LogP contribution in [0.15, 0.2) is 60.7 Å². The summed E-state index contributed by atoms with van der Waals surface area (Å²) in [6, 6.07) is 19.4. The molecule has 10 nitrogen and oxygen atoms in total. The van der Waals surface area contributed by atoms with Crippen LogP contribution in [0.5, 0.6) is 11.5 Å². The molecular formula is C38H56N6O4. The minimum absolute atomic E-state index is 0.0589. The van der Waals surface area contributed by atoms with Crippen LogP contribution in [0, 0.1) is 0 Å². The fourth-order valence-corrected chi connectivity index (χ4v) is 5.47. The van der Waals surface area contributed by atoms with Crippen LogP contribution in [0.3, 0.4) is 0 Å². The highest BCUT2D eigenvalue weighted by molar-refractivity contribution is 6.02. The average Bonchev–Trinajstić information content (AvgIpc) is 3.07. The number of phenolic OH excluding ortho intramolecular Hbond substituents is 2. The SMILES string of the molecule is CCN(CCCCNC(=O)c1cc(O)c(C(=O)NCCCCN(CC)Cc2ccc(N(C)C)cc2)cc1O)Cc1ccc(N(C)C)cc1. The molecule has 0 fully saturated rings. The van der Waals surface area contributed by atoms with E-state index in [4.69, 9.17) is 0 Å². The minimum Gasteiger partial charge on any atom is -0.507 e. The Hall–Kier alpha value is -4.28. The first-order valence-electron chi connectivity index (χ1n) is 17.1. The molecule has 0 spiro atoms. The first kappa shape index (κ1) is 38.2. The largest absolute Gasteiger partial charge is 0.507 e. The zero-order valence-electron chi connectivity index (χ0n) is 29.8. The summed E-state index contributed by atoms with van der Waals surface area (Å²) in [4.78, 5) is 34.4. The van der Waals surface area contributed by atoms with Gasteiger partial charge in [-0.25, -0.2) is 0 Å². The van der Waals surface area contributed by atoms with Crippen LogP contribution in [0.4, 0.5) is 11.4 Å². The van der Waals surface area contributed by atoms with Crippen LogP contribution in [-0.2, 0) is 13.1 Å². The zero-order valence-corrected chi connectivity index (χ0v) is 29.8. The molecule has 0 aliphatic carbocycles. The fraction of sp³-hybridized carbons (Fsp3) is 0.474. The van der Waals surface area contributed by atoms with Gasteiger partial charge in [-0.05, 0) is 99.4 Å². The van der Waals surface area contributed by atoms with E-state index in [9.17, 15) is 19.8 Å². The van der Waals surface area contributed by atoms with E-state index in [1.807, 2.05) is 28.2 Å². The van der Waals surface area contributed by atoms with E-state index in [1.54, 1.807) is 0 Å². The maximum Gasteiger partial charge on any atom is 0.255 e. The van der Waals surface area contributed by atoms with E-state index in [0.29, 0.717) is 13.1 Å². The van der Waals surface area contributed by atoms with Gasteiger partial charge in [0.2, 0.25) is 0 Å². The number of hydrogen-bond donors (Lipinski definition) is 4. The molecule has 0 aliphatic rings. The Morgan fingerprint density at radius 1 is 0.583 bits per heavy atom. The number of aromatic hydroxyl groups is 2. The molecule has 0 saturated heterocycles. The van der Waals surface area contributed by atoms with E-state index in [1.165, 1.54) is 22.5 Å². The summed E-state index contributed by atoms with van der Waals surface area (Å²) >= 11 is 0. The van der Waals surface area contributed by atoms with Gasteiger partial charge in [-0.15, -0.1) is 0 Å². The normalized spacial score (nSPS) is 11.2. The summed E-state index contributed by atoms with van der Waals surface area (Å²) in [5.74, 6) is -1.66. The molecule has 3 rings (SSSR count). The molecule has 0 bridgehead atoms. The van der Waals surface area contributed by atoms with E-state index >= 15 is 0 Å². The second kappa shape index (κ2) is 19.5. The summed E-state index contributed by atoms with van der Waals surface area (Å²) in [5, 5.41) is 26.7. The van der Waals surface area contributed by atoms with Crippen LogP contribution in [0.25, 0.3) is 0 Å². The van der Waals surface area contributed by atoms with Gasteiger partial charge in [0.05, 0.1) is 11.1 Å². The van der Waals surface area contributed by atoms with Crippen LogP contribution < -0.4 is 20.4 Å². The van der Waals surface area contributed by atoms with Gasteiger partial charge in [0, 0.05) is 65.7 Å². The Labute approximate surface area is 287 Å². The highest BCUT2D eigenvalue weighted by Crippen LogP contribution is 2.27. The Balaban J connectivity index is 1.37. The van der Waals surface area contributed by atoms with Gasteiger partial charge in [0.25, 0.3) is 11.8 Å². The second-order valence-electron chi connectivity index (χ2n) is 12.7. The number of nitrogens with one attached hydrogen (secondary N) is 2. The molecule has 0 aromatic heterocycles. The van der Waals surface area contributed by atoms with Gasteiger partial charge in [-0.2, -0.15) is 0 Å². The molecule has 262 valence electrons. The van der Waals surface area contributed by atoms with Crippen molar-refractivity contribution in [3.63, 3.8) is 0 Å². The summed E-state index contributed by atoms with van der Waals surface area (Å²) in [6.45, 7) is 10.6. The average molecular weight is 661 g/mol. The lowest BCUT2D eigenvalue weighted by molar-refractivity contribution is 0.0935. The van der Waals surface area contributed by atoms with Crippen LogP contribution >= 0.6 is 0 Å². The zero-order chi connectivity index (χ0) is 35.1. The summed E-state index contributed by atoms with van der Waals surface area (Å²) in [7, 11) is 8.12. The summed E-state index contributed by atoms with van der Waals surface area (Å²) < 4.78 is 0. The van der Waals surface area contributed by atoms with Gasteiger partial charge >= 0.3 is 0 Å². The lowest BCUT2D eigenvalue weighted by Gasteiger charge is -2.21. The Bertz CT molecular complexity index is 1320. The van der Waals surface area contributed by atoms with Crippen molar-refractivity contribution in [1.29, 1.82) is 0 Å². The predicted octanol–water partition coefficient (Wildman–Crippen LogP) is 5.29. The number of carbonyl (C=O) groups excluding carboxylic acids is 2. The van der Waals surface area contributed by atoms with Gasteiger partial charge in [-0.1, -0.05) is 38.1 Å². The van der Waals surface area contributed by atoms with E-state index in [2.05, 4.69) is 92.6 Å². The lowest BCUT2D eigenvalue weighted by atomic mass is 10.1. The molecule has 3 aromatic rings. The maximum atomic E-state index is 12.7. The molecule has 0 unspecified atom stereocenters. The Morgan fingerprint density at radius 3 is 1.25 bits per heavy atom. The first-order chi connectivity index (χ1) is 23.0. The molecule has 10 heteroatoms. The Kier molecular flexibility index (Phi) is 15.5. The minimum atomic E-state index is -0.489. The summed E-state index contributed by atoms with van der Waals surface area (Å²) in [6.07, 6.45) is 3.35. The van der Waals surface area contributed by atoms with Crippen molar-refractivity contribution in [2.24, 2.45) is 0 Å². The predicted molar refractivity (Wildman–Crippen MR) is 196 cm³/mol. The number of phenols is 2. The standard InChI is InChI=1S/C38H56N6O4/c1-7-43(27-29-13-17-31(18-14-29)41(3)4)23-11-9-21-39-37(47)33-25-36(46)34(26-35(33)45)38(48)40-22-10-12-24-44(8-2)28-30-15-19-32(20-16-30)42(5)6/h13-20,25-26,45-46H,7-12,21-24,27-28H2,1-6H3,(H,39,47)(H,40,48). The number of nitrogens with zero attached hydrogens (tertiary/aromatic N) is 4. The molecule has 3 aromatic carbocycles. The van der Waals surface area contributed by atoms with Gasteiger partial charge in [0.15, 0.2) is 0 Å². The monoisotopic (exact) mass is 660 g/mol. The van der Waals surface area contributed by atoms with Crippen molar-refractivity contribution in [3.8, 4) is 11.5 Å². The highest BCUT2D eigenvalue weighted by atomic mass is 16.3. The van der Waals surface area contributed by atoms with Crippen molar-refractivity contribution in [1.82, 2.24) is 20.4 Å². The van der Waals surface area contributed by atoms with Crippen molar-refractivity contribution in [2.45, 2.75) is 52.6 Å². The highest BCUT2D eigenvalue weighted by Gasteiger charge is 2.19.